The van der Waals surface area contributed by atoms with Crippen molar-refractivity contribution in [3.63, 3.8) is 0 Å². The van der Waals surface area contributed by atoms with E-state index in [9.17, 15) is 4.79 Å². The van der Waals surface area contributed by atoms with E-state index in [0.29, 0.717) is 6.42 Å². The number of nitrogens with two attached hydrogens (primary N) is 1. The Hall–Kier alpha value is -0.590. The third-order valence-electron chi connectivity index (χ3n) is 2.04. The maximum atomic E-state index is 10.5. The zero-order valence-electron chi connectivity index (χ0n) is 9.18. The number of nitrogens with zero attached hydrogens (tertiary/aromatic N) is 1. The van der Waals surface area contributed by atoms with E-state index in [-0.39, 0.29) is 0 Å². The van der Waals surface area contributed by atoms with Gasteiger partial charge in [0.15, 0.2) is 0 Å². The van der Waals surface area contributed by atoms with Crippen LogP contribution in [0.25, 0.3) is 0 Å². The molecule has 90 valence electrons. The van der Waals surface area contributed by atoms with Crippen LogP contribution in [0.1, 0.15) is 24.0 Å². The average molecular weight is 260 g/mol. The normalized spacial score (nSPS) is 12.6. The van der Waals surface area contributed by atoms with Crippen LogP contribution in [0.15, 0.2) is 5.38 Å². The van der Waals surface area contributed by atoms with Crippen molar-refractivity contribution in [3.05, 3.63) is 16.1 Å². The Bertz CT molecular complexity index is 341. The number of thiazole rings is 1. The second kappa shape index (κ2) is 6.88. The number of hydrogen-bond acceptors (Lipinski definition) is 5. The van der Waals surface area contributed by atoms with Crippen molar-refractivity contribution in [2.75, 3.05) is 5.75 Å². The van der Waals surface area contributed by atoms with E-state index >= 15 is 0 Å². The molecule has 0 radical (unpaired) electrons. The van der Waals surface area contributed by atoms with E-state index in [1.165, 1.54) is 0 Å². The summed E-state index contributed by atoms with van der Waals surface area (Å²) in [5, 5.41) is 11.8. The summed E-state index contributed by atoms with van der Waals surface area (Å²) in [6, 6.07) is -0.742. The summed E-state index contributed by atoms with van der Waals surface area (Å²) in [6.45, 7) is 2.08. The SMILES string of the molecule is CCc1nc(CSCCC(N)C(=O)O)cs1. The minimum Gasteiger partial charge on any atom is -0.480 e. The van der Waals surface area contributed by atoms with Gasteiger partial charge in [0, 0.05) is 11.1 Å². The number of carboxylic acid groups (broad SMARTS) is 1. The van der Waals surface area contributed by atoms with E-state index in [1.807, 2.05) is 0 Å². The number of aromatic nitrogens is 1. The first kappa shape index (κ1) is 13.5. The first-order valence-electron chi connectivity index (χ1n) is 5.13. The van der Waals surface area contributed by atoms with E-state index in [1.54, 1.807) is 23.1 Å². The molecule has 3 N–H and O–H groups in total. The molecule has 0 amide bonds. The Balaban J connectivity index is 2.18. The Morgan fingerprint density at radius 2 is 2.50 bits per heavy atom. The third-order valence-corrected chi connectivity index (χ3v) is 4.11. The highest BCUT2D eigenvalue weighted by Gasteiger charge is 2.10. The van der Waals surface area contributed by atoms with Crippen LogP contribution < -0.4 is 5.73 Å². The molecule has 0 spiro atoms. The molecule has 0 saturated carbocycles. The van der Waals surface area contributed by atoms with Crippen LogP contribution in [0.4, 0.5) is 0 Å². The summed E-state index contributed by atoms with van der Waals surface area (Å²) < 4.78 is 0. The summed E-state index contributed by atoms with van der Waals surface area (Å²) in [6.07, 6.45) is 1.48. The first-order chi connectivity index (χ1) is 7.63. The lowest BCUT2D eigenvalue weighted by molar-refractivity contribution is -0.138. The fourth-order valence-corrected chi connectivity index (χ4v) is 2.86. The van der Waals surface area contributed by atoms with E-state index < -0.39 is 12.0 Å². The largest absolute Gasteiger partial charge is 0.480 e. The molecule has 0 aliphatic rings. The van der Waals surface area contributed by atoms with Crippen molar-refractivity contribution in [1.29, 1.82) is 0 Å². The standard InChI is InChI=1S/C10H16N2O2S2/c1-2-9-12-7(6-16-9)5-15-4-3-8(11)10(13)14/h6,8H,2-5,11H2,1H3,(H,13,14). The number of aliphatic carboxylic acids is 1. The van der Waals surface area contributed by atoms with E-state index in [4.69, 9.17) is 10.8 Å². The minimum absolute atomic E-state index is 0.505. The van der Waals surface area contributed by atoms with Gasteiger partial charge in [-0.3, -0.25) is 4.79 Å². The van der Waals surface area contributed by atoms with Crippen molar-refractivity contribution in [1.82, 2.24) is 4.98 Å². The van der Waals surface area contributed by atoms with Gasteiger partial charge in [-0.15, -0.1) is 11.3 Å². The number of carbonyl (C=O) groups is 1. The highest BCUT2D eigenvalue weighted by atomic mass is 32.2. The summed E-state index contributed by atoms with van der Waals surface area (Å²) in [7, 11) is 0. The lowest BCUT2D eigenvalue weighted by Gasteiger charge is -2.04. The van der Waals surface area contributed by atoms with Gasteiger partial charge in [0.05, 0.1) is 10.7 Å². The Labute approximate surface area is 103 Å². The van der Waals surface area contributed by atoms with Crippen molar-refractivity contribution in [2.24, 2.45) is 5.73 Å². The number of thioether (sulfide) groups is 1. The second-order valence-corrected chi connectivity index (χ2v) is 5.42. The molecule has 1 rings (SSSR count). The molecule has 4 nitrogen and oxygen atoms in total. The Morgan fingerprint density at radius 3 is 3.06 bits per heavy atom. The fourth-order valence-electron chi connectivity index (χ4n) is 1.09. The van der Waals surface area contributed by atoms with Gasteiger partial charge in [0.2, 0.25) is 0 Å². The van der Waals surface area contributed by atoms with Gasteiger partial charge in [-0.1, -0.05) is 6.92 Å². The maximum absolute atomic E-state index is 10.5. The highest BCUT2D eigenvalue weighted by molar-refractivity contribution is 7.98. The van der Waals surface area contributed by atoms with Crippen molar-refractivity contribution in [3.8, 4) is 0 Å². The van der Waals surface area contributed by atoms with Crippen LogP contribution in [-0.2, 0) is 17.0 Å². The summed E-state index contributed by atoms with van der Waals surface area (Å²) >= 11 is 3.35. The van der Waals surface area contributed by atoms with Crippen molar-refractivity contribution < 1.29 is 9.90 Å². The monoisotopic (exact) mass is 260 g/mol. The van der Waals surface area contributed by atoms with Gasteiger partial charge in [-0.2, -0.15) is 11.8 Å². The molecule has 0 aliphatic heterocycles. The average Bonchev–Trinajstić information content (AvgIpc) is 2.71. The molecular weight excluding hydrogens is 244 g/mol. The van der Waals surface area contributed by atoms with Crippen LogP contribution in [0, 0.1) is 0 Å². The summed E-state index contributed by atoms with van der Waals surface area (Å²) in [5.41, 5.74) is 6.47. The van der Waals surface area contributed by atoms with Crippen LogP contribution >= 0.6 is 23.1 Å². The molecule has 0 aliphatic carbocycles. The van der Waals surface area contributed by atoms with Crippen molar-refractivity contribution >= 4 is 29.1 Å². The van der Waals surface area contributed by atoms with Gasteiger partial charge in [-0.05, 0) is 18.6 Å². The molecule has 1 aromatic heterocycles. The van der Waals surface area contributed by atoms with Gasteiger partial charge in [0.1, 0.15) is 6.04 Å². The summed E-state index contributed by atoms with van der Waals surface area (Å²) in [5.74, 6) is 0.664. The quantitative estimate of drug-likeness (QED) is 0.730. The van der Waals surface area contributed by atoms with Crippen LogP contribution in [0.5, 0.6) is 0 Å². The third kappa shape index (κ3) is 4.51. The van der Waals surface area contributed by atoms with Crippen LogP contribution in [-0.4, -0.2) is 27.9 Å². The van der Waals surface area contributed by atoms with E-state index in [2.05, 4.69) is 17.3 Å². The highest BCUT2D eigenvalue weighted by Crippen LogP contribution is 2.16. The zero-order chi connectivity index (χ0) is 12.0. The van der Waals surface area contributed by atoms with Gasteiger partial charge in [0.25, 0.3) is 0 Å². The number of aryl methyl sites for hydroxylation is 1. The molecule has 1 unspecified atom stereocenters. The van der Waals surface area contributed by atoms with Gasteiger partial charge < -0.3 is 10.8 Å². The molecule has 6 heteroatoms. The summed E-state index contributed by atoms with van der Waals surface area (Å²) in [4.78, 5) is 14.9. The molecule has 0 fully saturated rings. The molecule has 0 bridgehead atoms. The molecule has 1 atom stereocenters. The first-order valence-corrected chi connectivity index (χ1v) is 7.16. The molecule has 16 heavy (non-hydrogen) atoms. The molecule has 0 saturated heterocycles. The predicted octanol–water partition coefficient (Wildman–Crippen LogP) is 1.74. The zero-order valence-corrected chi connectivity index (χ0v) is 10.8. The Kier molecular flexibility index (Phi) is 5.79. The van der Waals surface area contributed by atoms with Crippen LogP contribution in [0.2, 0.25) is 0 Å². The van der Waals surface area contributed by atoms with Crippen LogP contribution in [0.3, 0.4) is 0 Å². The molecule has 1 aromatic rings. The van der Waals surface area contributed by atoms with E-state index in [0.717, 1.165) is 28.6 Å². The molecular formula is C10H16N2O2S2. The molecule has 1 heterocycles. The lowest BCUT2D eigenvalue weighted by atomic mass is 10.2. The second-order valence-electron chi connectivity index (χ2n) is 3.37. The number of rotatable bonds is 7. The van der Waals surface area contributed by atoms with Gasteiger partial charge >= 0.3 is 5.97 Å². The minimum atomic E-state index is -0.928. The lowest BCUT2D eigenvalue weighted by Crippen LogP contribution is -2.30. The smallest absolute Gasteiger partial charge is 0.320 e. The van der Waals surface area contributed by atoms with Crippen molar-refractivity contribution in [2.45, 2.75) is 31.6 Å². The Morgan fingerprint density at radius 1 is 1.75 bits per heavy atom. The predicted molar refractivity (Wildman–Crippen MR) is 67.9 cm³/mol. The maximum Gasteiger partial charge on any atom is 0.320 e. The number of hydrogen-bond donors (Lipinski definition) is 2. The van der Waals surface area contributed by atoms with Gasteiger partial charge in [-0.25, -0.2) is 4.98 Å². The molecule has 0 aromatic carbocycles. The fraction of sp³-hybridized carbons (Fsp3) is 0.600. The topological polar surface area (TPSA) is 76.2 Å². The number of carboxylic acids is 1.